The predicted octanol–water partition coefficient (Wildman–Crippen LogP) is 4.98. The van der Waals surface area contributed by atoms with Crippen molar-refractivity contribution >= 4 is 32.6 Å². The zero-order valence-electron chi connectivity index (χ0n) is 12.4. The van der Waals surface area contributed by atoms with Crippen LogP contribution in [0, 0.1) is 22.7 Å². The number of hydrogen-bond acceptors (Lipinski definition) is 4. The summed E-state index contributed by atoms with van der Waals surface area (Å²) in [7, 11) is 0. The molecule has 0 aliphatic heterocycles. The fraction of sp³-hybridized carbons (Fsp3) is 0. The van der Waals surface area contributed by atoms with E-state index in [9.17, 15) is 5.11 Å². The van der Waals surface area contributed by atoms with Gasteiger partial charge in [0.05, 0.1) is 11.2 Å². The molecule has 0 saturated heterocycles. The Morgan fingerprint density at radius 3 is 2.42 bits per heavy atom. The topological polar surface area (TPSA) is 80.7 Å². The fourth-order valence-corrected chi connectivity index (χ4v) is 2.85. The van der Waals surface area contributed by atoms with E-state index in [1.54, 1.807) is 30.3 Å². The van der Waals surface area contributed by atoms with Crippen LogP contribution in [-0.4, -0.2) is 10.1 Å². The Hall–Kier alpha value is -3.15. The number of hydrogen-bond donors (Lipinski definition) is 1. The van der Waals surface area contributed by atoms with Gasteiger partial charge in [-0.3, -0.25) is 0 Å². The van der Waals surface area contributed by atoms with E-state index in [0.717, 1.165) is 21.1 Å². The number of aromatic nitrogens is 1. The first-order valence-corrected chi connectivity index (χ1v) is 7.83. The molecule has 0 aliphatic rings. The number of benzene rings is 2. The lowest BCUT2D eigenvalue weighted by atomic mass is 10.1. The van der Waals surface area contributed by atoms with Crippen molar-refractivity contribution < 1.29 is 5.11 Å². The van der Waals surface area contributed by atoms with Crippen LogP contribution >= 0.6 is 15.9 Å². The SMILES string of the molecule is N#CC(C#N)=C(O)c1ccc2ccc(-c3ccccc3Br)nc2c1. The van der Waals surface area contributed by atoms with Crippen molar-refractivity contribution in [2.24, 2.45) is 0 Å². The zero-order valence-corrected chi connectivity index (χ0v) is 13.9. The molecule has 1 aromatic heterocycles. The second-order valence-corrected chi connectivity index (χ2v) is 5.89. The summed E-state index contributed by atoms with van der Waals surface area (Å²) in [5.41, 5.74) is 2.48. The minimum Gasteiger partial charge on any atom is -0.505 e. The summed E-state index contributed by atoms with van der Waals surface area (Å²) < 4.78 is 0.937. The lowest BCUT2D eigenvalue weighted by Gasteiger charge is -2.07. The van der Waals surface area contributed by atoms with Gasteiger partial charge in [-0.25, -0.2) is 4.98 Å². The highest BCUT2D eigenvalue weighted by Gasteiger charge is 2.10. The van der Waals surface area contributed by atoms with Gasteiger partial charge in [0, 0.05) is 21.0 Å². The van der Waals surface area contributed by atoms with E-state index in [2.05, 4.69) is 20.9 Å². The van der Waals surface area contributed by atoms with Crippen LogP contribution in [0.3, 0.4) is 0 Å². The maximum absolute atomic E-state index is 10.1. The molecule has 0 atom stereocenters. The molecule has 0 spiro atoms. The number of allylic oxidation sites excluding steroid dienone is 1. The Labute approximate surface area is 147 Å². The molecule has 0 fully saturated rings. The van der Waals surface area contributed by atoms with E-state index < -0.39 is 0 Å². The van der Waals surface area contributed by atoms with Crippen molar-refractivity contribution in [2.75, 3.05) is 0 Å². The minimum absolute atomic E-state index is 0.323. The van der Waals surface area contributed by atoms with Crippen LogP contribution in [0.2, 0.25) is 0 Å². The van der Waals surface area contributed by atoms with Gasteiger partial charge in [0.15, 0.2) is 11.3 Å². The molecule has 0 unspecified atom stereocenters. The molecule has 0 amide bonds. The van der Waals surface area contributed by atoms with Crippen molar-refractivity contribution in [3.8, 4) is 23.4 Å². The van der Waals surface area contributed by atoms with Gasteiger partial charge >= 0.3 is 0 Å². The second kappa shape index (κ2) is 6.54. The summed E-state index contributed by atoms with van der Waals surface area (Å²) in [5.74, 6) is -0.338. The lowest BCUT2D eigenvalue weighted by molar-refractivity contribution is 0.510. The summed E-state index contributed by atoms with van der Waals surface area (Å²) in [6.45, 7) is 0. The average Bonchev–Trinajstić information content (AvgIpc) is 2.62. The van der Waals surface area contributed by atoms with E-state index >= 15 is 0 Å². The van der Waals surface area contributed by atoms with Crippen molar-refractivity contribution in [3.63, 3.8) is 0 Å². The van der Waals surface area contributed by atoms with Gasteiger partial charge in [-0.2, -0.15) is 10.5 Å². The largest absolute Gasteiger partial charge is 0.505 e. The van der Waals surface area contributed by atoms with Crippen LogP contribution in [0.25, 0.3) is 27.9 Å². The highest BCUT2D eigenvalue weighted by atomic mass is 79.9. The van der Waals surface area contributed by atoms with Crippen LogP contribution in [0.5, 0.6) is 0 Å². The summed E-state index contributed by atoms with van der Waals surface area (Å²) in [6, 6.07) is 20.1. The van der Waals surface area contributed by atoms with Crippen LogP contribution in [0.15, 0.2) is 64.6 Å². The molecule has 0 saturated carbocycles. The molecule has 0 aliphatic carbocycles. The predicted molar refractivity (Wildman–Crippen MR) is 95.7 cm³/mol. The normalized spacial score (nSPS) is 9.96. The minimum atomic E-state index is -0.338. The number of nitriles is 2. The van der Waals surface area contributed by atoms with Gasteiger partial charge < -0.3 is 5.11 Å². The highest BCUT2D eigenvalue weighted by Crippen LogP contribution is 2.29. The lowest BCUT2D eigenvalue weighted by Crippen LogP contribution is -1.91. The molecule has 3 aromatic rings. The number of nitrogens with zero attached hydrogens (tertiary/aromatic N) is 3. The highest BCUT2D eigenvalue weighted by molar-refractivity contribution is 9.10. The van der Waals surface area contributed by atoms with Gasteiger partial charge in [-0.05, 0) is 18.2 Å². The average molecular weight is 376 g/mol. The quantitative estimate of drug-likeness (QED) is 0.505. The number of rotatable bonds is 2. The van der Waals surface area contributed by atoms with Gasteiger partial charge in [-0.15, -0.1) is 0 Å². The maximum Gasteiger partial charge on any atom is 0.171 e. The van der Waals surface area contributed by atoms with Crippen LogP contribution in [0.4, 0.5) is 0 Å². The molecule has 114 valence electrons. The van der Waals surface area contributed by atoms with Crippen molar-refractivity contribution in [1.82, 2.24) is 4.98 Å². The third-order valence-electron chi connectivity index (χ3n) is 3.58. The third kappa shape index (κ3) is 2.86. The molecule has 5 heteroatoms. The van der Waals surface area contributed by atoms with E-state index in [1.807, 2.05) is 36.4 Å². The Kier molecular flexibility index (Phi) is 4.29. The molecule has 4 nitrogen and oxygen atoms in total. The van der Waals surface area contributed by atoms with Crippen LogP contribution < -0.4 is 0 Å². The second-order valence-electron chi connectivity index (χ2n) is 5.03. The number of aliphatic hydroxyl groups is 1. The van der Waals surface area contributed by atoms with Crippen molar-refractivity contribution in [3.05, 3.63) is 70.2 Å². The smallest absolute Gasteiger partial charge is 0.171 e. The van der Waals surface area contributed by atoms with E-state index in [0.29, 0.717) is 11.1 Å². The standard InChI is InChI=1S/C19H10BrN3O/c20-16-4-2-1-3-15(16)17-8-7-12-5-6-13(9-18(12)23-17)19(24)14(10-21)11-22/h1-9,24H. The molecule has 0 radical (unpaired) electrons. The van der Waals surface area contributed by atoms with Crippen LogP contribution in [-0.2, 0) is 0 Å². The Bertz CT molecular complexity index is 1040. The monoisotopic (exact) mass is 375 g/mol. The molecule has 1 heterocycles. The molecule has 1 N–H and O–H groups in total. The van der Waals surface area contributed by atoms with Gasteiger partial charge in [-0.1, -0.05) is 52.3 Å². The molecular formula is C19H10BrN3O. The van der Waals surface area contributed by atoms with Crippen molar-refractivity contribution in [2.45, 2.75) is 0 Å². The zero-order chi connectivity index (χ0) is 17.1. The number of pyridine rings is 1. The Morgan fingerprint density at radius 1 is 1.00 bits per heavy atom. The van der Waals surface area contributed by atoms with E-state index in [-0.39, 0.29) is 11.3 Å². The summed E-state index contributed by atoms with van der Waals surface area (Å²) in [5, 5.41) is 28.7. The Morgan fingerprint density at radius 2 is 1.71 bits per heavy atom. The molecular weight excluding hydrogens is 366 g/mol. The third-order valence-corrected chi connectivity index (χ3v) is 4.27. The van der Waals surface area contributed by atoms with Gasteiger partial charge in [0.1, 0.15) is 12.1 Å². The number of halogens is 1. The maximum atomic E-state index is 10.1. The number of aliphatic hydroxyl groups excluding tert-OH is 1. The summed E-state index contributed by atoms with van der Waals surface area (Å²) in [4.78, 5) is 4.63. The van der Waals surface area contributed by atoms with Crippen LogP contribution in [0.1, 0.15) is 5.56 Å². The molecule has 3 rings (SSSR count). The first kappa shape index (κ1) is 15.7. The van der Waals surface area contributed by atoms with E-state index in [4.69, 9.17) is 10.5 Å². The van der Waals surface area contributed by atoms with Crippen molar-refractivity contribution in [1.29, 1.82) is 10.5 Å². The number of fused-ring (bicyclic) bond motifs is 1. The summed E-state index contributed by atoms with van der Waals surface area (Å²) in [6.07, 6.45) is 0. The first-order valence-electron chi connectivity index (χ1n) is 7.03. The van der Waals surface area contributed by atoms with Gasteiger partial charge in [0.2, 0.25) is 0 Å². The first-order chi connectivity index (χ1) is 11.6. The van der Waals surface area contributed by atoms with Gasteiger partial charge in [0.25, 0.3) is 0 Å². The fourth-order valence-electron chi connectivity index (χ4n) is 2.36. The molecule has 0 bridgehead atoms. The Balaban J connectivity index is 2.17. The summed E-state index contributed by atoms with van der Waals surface area (Å²) >= 11 is 3.51. The molecule has 24 heavy (non-hydrogen) atoms. The van der Waals surface area contributed by atoms with E-state index in [1.165, 1.54) is 0 Å². The molecule has 2 aromatic carbocycles.